The summed E-state index contributed by atoms with van der Waals surface area (Å²) in [5.74, 6) is 1.25. The number of nitrogens with zero attached hydrogens (tertiary/aromatic N) is 3. The van der Waals surface area contributed by atoms with E-state index in [-0.39, 0.29) is 17.9 Å². The molecule has 1 aromatic heterocycles. The second-order valence-electron chi connectivity index (χ2n) is 10.4. The predicted molar refractivity (Wildman–Crippen MR) is 162 cm³/mol. The van der Waals surface area contributed by atoms with Crippen molar-refractivity contribution in [2.45, 2.75) is 39.3 Å². The van der Waals surface area contributed by atoms with Gasteiger partial charge in [0.25, 0.3) is 5.91 Å². The van der Waals surface area contributed by atoms with Crippen LogP contribution in [0.3, 0.4) is 0 Å². The maximum atomic E-state index is 13.4. The summed E-state index contributed by atoms with van der Waals surface area (Å²) in [7, 11) is 0. The van der Waals surface area contributed by atoms with Gasteiger partial charge in [-0.25, -0.2) is 0 Å². The number of carbonyl (C=O) groups is 1. The molecule has 7 heteroatoms. The Morgan fingerprint density at radius 2 is 1.73 bits per heavy atom. The number of amidine groups is 1. The van der Waals surface area contributed by atoms with Crippen molar-refractivity contribution >= 4 is 35.1 Å². The zero-order valence-corrected chi connectivity index (χ0v) is 23.6. The van der Waals surface area contributed by atoms with Crippen molar-refractivity contribution in [3.8, 4) is 5.75 Å². The van der Waals surface area contributed by atoms with Crippen LogP contribution in [0.2, 0.25) is 0 Å². The minimum atomic E-state index is -0.152. The highest BCUT2D eigenvalue weighted by Gasteiger charge is 2.34. The van der Waals surface area contributed by atoms with Gasteiger partial charge in [-0.05, 0) is 69.8 Å². The predicted octanol–water partition coefficient (Wildman–Crippen LogP) is 7.66. The highest BCUT2D eigenvalue weighted by molar-refractivity contribution is 8.18. The van der Waals surface area contributed by atoms with Crippen LogP contribution in [-0.2, 0) is 23.4 Å². The molecule has 202 valence electrons. The number of hydrogen-bond donors (Lipinski definition) is 0. The lowest BCUT2D eigenvalue weighted by molar-refractivity contribution is -0.122. The number of carbonyl (C=O) groups excluding carboxylic acids is 1. The molecule has 2 heterocycles. The zero-order valence-electron chi connectivity index (χ0n) is 22.8. The van der Waals surface area contributed by atoms with E-state index in [9.17, 15) is 4.79 Å². The minimum absolute atomic E-state index is 0.0827. The molecule has 5 rings (SSSR count). The molecule has 0 aliphatic carbocycles. The second-order valence-corrected chi connectivity index (χ2v) is 11.4. The van der Waals surface area contributed by atoms with Gasteiger partial charge in [0.1, 0.15) is 18.1 Å². The van der Waals surface area contributed by atoms with Crippen molar-refractivity contribution in [3.05, 3.63) is 130 Å². The molecule has 4 aromatic rings. The molecule has 1 aliphatic heterocycles. The lowest BCUT2D eigenvalue weighted by Crippen LogP contribution is -2.28. The average molecular weight is 550 g/mol. The summed E-state index contributed by atoms with van der Waals surface area (Å²) >= 11 is 1.29. The molecule has 0 spiro atoms. The van der Waals surface area contributed by atoms with Crippen molar-refractivity contribution in [1.29, 1.82) is 0 Å². The topological polar surface area (TPSA) is 67.4 Å². The first-order chi connectivity index (χ1) is 19.3. The smallest absolute Gasteiger partial charge is 0.267 e. The van der Waals surface area contributed by atoms with E-state index in [4.69, 9.17) is 9.15 Å². The highest BCUT2D eigenvalue weighted by Crippen LogP contribution is 2.34. The van der Waals surface area contributed by atoms with Crippen LogP contribution in [0.1, 0.15) is 48.8 Å². The minimum Gasteiger partial charge on any atom is -0.489 e. The van der Waals surface area contributed by atoms with Gasteiger partial charge in [0.2, 0.25) is 0 Å². The fraction of sp³-hybridized carbons (Fsp3) is 0.182. The van der Waals surface area contributed by atoms with E-state index in [1.54, 1.807) is 23.4 Å². The van der Waals surface area contributed by atoms with Crippen molar-refractivity contribution in [2.75, 3.05) is 0 Å². The number of thioether (sulfide) groups is 1. The van der Waals surface area contributed by atoms with Crippen molar-refractivity contribution in [1.82, 2.24) is 4.90 Å². The van der Waals surface area contributed by atoms with Gasteiger partial charge in [0.15, 0.2) is 5.17 Å². The SMILES string of the molecule is CC(C)(C)c1ccc(/C=N\N=C2\S/C(=C\c3cccc(OCc4ccccc4)c3)C(=O)N2Cc2ccco2)cc1. The third-order valence-corrected chi connectivity index (χ3v) is 7.31. The van der Waals surface area contributed by atoms with Gasteiger partial charge in [-0.1, -0.05) is 87.5 Å². The Labute approximate surface area is 239 Å². The summed E-state index contributed by atoms with van der Waals surface area (Å²) in [6.07, 6.45) is 5.15. The first-order valence-corrected chi connectivity index (χ1v) is 13.9. The van der Waals surface area contributed by atoms with E-state index in [2.05, 4.69) is 43.1 Å². The summed E-state index contributed by atoms with van der Waals surface area (Å²) in [4.78, 5) is 15.6. The Kier molecular flexibility index (Phi) is 8.31. The Hall–Kier alpha value is -4.36. The van der Waals surface area contributed by atoms with Crippen LogP contribution < -0.4 is 4.74 Å². The Balaban J connectivity index is 1.35. The summed E-state index contributed by atoms with van der Waals surface area (Å²) in [5, 5.41) is 9.22. The molecule has 1 amide bonds. The molecule has 1 saturated heterocycles. The molecule has 1 fully saturated rings. The fourth-order valence-electron chi connectivity index (χ4n) is 4.08. The van der Waals surface area contributed by atoms with Crippen LogP contribution in [0.5, 0.6) is 5.75 Å². The van der Waals surface area contributed by atoms with Crippen molar-refractivity contribution in [2.24, 2.45) is 10.2 Å². The second kappa shape index (κ2) is 12.2. The maximum absolute atomic E-state index is 13.4. The van der Waals surface area contributed by atoms with E-state index in [0.29, 0.717) is 22.4 Å². The quantitative estimate of drug-likeness (QED) is 0.129. The zero-order chi connectivity index (χ0) is 28.0. The van der Waals surface area contributed by atoms with Gasteiger partial charge in [-0.15, -0.1) is 5.10 Å². The molecule has 0 atom stereocenters. The Bertz CT molecular complexity index is 1530. The third kappa shape index (κ3) is 6.98. The molecule has 6 nitrogen and oxygen atoms in total. The number of rotatable bonds is 8. The van der Waals surface area contributed by atoms with E-state index < -0.39 is 0 Å². The maximum Gasteiger partial charge on any atom is 0.267 e. The van der Waals surface area contributed by atoms with Crippen LogP contribution in [0.25, 0.3) is 6.08 Å². The van der Waals surface area contributed by atoms with Crippen LogP contribution in [0, 0.1) is 0 Å². The molecule has 40 heavy (non-hydrogen) atoms. The molecule has 0 radical (unpaired) electrons. The van der Waals surface area contributed by atoms with Crippen molar-refractivity contribution < 1.29 is 13.9 Å². The Morgan fingerprint density at radius 1 is 0.925 bits per heavy atom. The van der Waals surface area contributed by atoms with Crippen LogP contribution in [-0.4, -0.2) is 22.2 Å². The molecule has 0 bridgehead atoms. The van der Waals surface area contributed by atoms with Crippen molar-refractivity contribution in [3.63, 3.8) is 0 Å². The first kappa shape index (κ1) is 27.2. The van der Waals surface area contributed by atoms with Gasteiger partial charge in [-0.3, -0.25) is 9.69 Å². The van der Waals surface area contributed by atoms with E-state index in [0.717, 1.165) is 22.4 Å². The van der Waals surface area contributed by atoms with E-state index in [1.807, 2.05) is 78.9 Å². The van der Waals surface area contributed by atoms with Gasteiger partial charge in [0.05, 0.1) is 23.9 Å². The average Bonchev–Trinajstić information content (AvgIpc) is 3.57. The summed E-state index contributed by atoms with van der Waals surface area (Å²) in [6.45, 7) is 7.29. The molecule has 0 N–H and O–H groups in total. The largest absolute Gasteiger partial charge is 0.489 e. The standard InChI is InChI=1S/C33H31N3O3S/c1-33(2,3)27-16-14-24(15-17-27)21-34-35-32-36(22-29-13-8-18-38-29)31(37)30(40-32)20-26-11-7-12-28(19-26)39-23-25-9-5-4-6-10-25/h4-21H,22-23H2,1-3H3/b30-20-,34-21-,35-32+. The van der Waals surface area contributed by atoms with Crippen LogP contribution in [0.15, 0.2) is 117 Å². The normalized spacial score (nSPS) is 16.0. The van der Waals surface area contributed by atoms with E-state index >= 15 is 0 Å². The van der Waals surface area contributed by atoms with Gasteiger partial charge in [-0.2, -0.15) is 5.10 Å². The van der Waals surface area contributed by atoms with Gasteiger partial charge >= 0.3 is 0 Å². The van der Waals surface area contributed by atoms with Gasteiger partial charge in [0, 0.05) is 0 Å². The van der Waals surface area contributed by atoms with Crippen LogP contribution >= 0.6 is 11.8 Å². The summed E-state index contributed by atoms with van der Waals surface area (Å²) < 4.78 is 11.5. The number of amides is 1. The van der Waals surface area contributed by atoms with E-state index in [1.165, 1.54) is 17.3 Å². The molecule has 3 aromatic carbocycles. The molecular weight excluding hydrogens is 518 g/mol. The lowest BCUT2D eigenvalue weighted by Gasteiger charge is -2.18. The van der Waals surface area contributed by atoms with Gasteiger partial charge < -0.3 is 9.15 Å². The Morgan fingerprint density at radius 3 is 2.45 bits per heavy atom. The molecule has 1 aliphatic rings. The molecule has 0 unspecified atom stereocenters. The molecular formula is C33H31N3O3S. The molecule has 0 saturated carbocycles. The number of hydrogen-bond acceptors (Lipinski definition) is 6. The number of benzene rings is 3. The fourth-order valence-corrected chi connectivity index (χ4v) is 5.02. The number of ether oxygens (including phenoxy) is 1. The first-order valence-electron chi connectivity index (χ1n) is 13.1. The highest BCUT2D eigenvalue weighted by atomic mass is 32.2. The monoisotopic (exact) mass is 549 g/mol. The number of furan rings is 1. The lowest BCUT2D eigenvalue weighted by atomic mass is 9.87. The van der Waals surface area contributed by atoms with Crippen LogP contribution in [0.4, 0.5) is 0 Å². The summed E-state index contributed by atoms with van der Waals surface area (Å²) in [5.41, 5.74) is 4.23. The third-order valence-electron chi connectivity index (χ3n) is 6.31. The summed E-state index contributed by atoms with van der Waals surface area (Å²) in [6, 6.07) is 29.6.